The molecule has 0 aliphatic rings. The summed E-state index contributed by atoms with van der Waals surface area (Å²) in [5, 5.41) is 3.27. The summed E-state index contributed by atoms with van der Waals surface area (Å²) in [5.74, 6) is 1.64. The van der Waals surface area contributed by atoms with Gasteiger partial charge in [-0.1, -0.05) is 100 Å². The third kappa shape index (κ3) is 4.28. The predicted octanol–water partition coefficient (Wildman–Crippen LogP) is 9.74. The minimum atomic E-state index is -1.57. The van der Waals surface area contributed by atoms with Gasteiger partial charge in [-0.25, -0.2) is 4.98 Å². The van der Waals surface area contributed by atoms with Crippen LogP contribution < -0.4 is 0 Å². The second-order valence-electron chi connectivity index (χ2n) is 10.2. The van der Waals surface area contributed by atoms with Crippen molar-refractivity contribution in [1.82, 2.24) is 9.55 Å². The average Bonchev–Trinajstić information content (AvgIpc) is 3.53. The molecule has 2 aromatic heterocycles. The van der Waals surface area contributed by atoms with E-state index in [1.54, 1.807) is 11.3 Å². The van der Waals surface area contributed by atoms with E-state index >= 15 is 0 Å². The van der Waals surface area contributed by atoms with Crippen molar-refractivity contribution < 1.29 is 2.74 Å². The van der Waals surface area contributed by atoms with Gasteiger partial charge in [-0.05, 0) is 58.7 Å². The van der Waals surface area contributed by atoms with Crippen LogP contribution in [0, 0.1) is 0 Å². The standard InChI is InChI=1S/C34H32N2S/c1-22(2)26-13-10-14-27(23(3)4)33(26)36-31-16-9-8-15-30(31)35-34(36)29-21-37-32-20-25(17-18-28(29)32)19-24-11-6-5-7-12-24/h5-18,20-23H,19H2,1-4H3/i19D2. The van der Waals surface area contributed by atoms with Gasteiger partial charge >= 0.3 is 0 Å². The fraction of sp³-hybridized carbons (Fsp3) is 0.206. The fourth-order valence-electron chi connectivity index (χ4n) is 5.17. The first-order valence-electron chi connectivity index (χ1n) is 14.0. The summed E-state index contributed by atoms with van der Waals surface area (Å²) in [6.45, 7) is 9.02. The normalized spacial score (nSPS) is 13.0. The molecule has 2 nitrogen and oxygen atoms in total. The molecule has 0 saturated carbocycles. The first-order valence-corrected chi connectivity index (χ1v) is 13.8. The topological polar surface area (TPSA) is 17.8 Å². The lowest BCUT2D eigenvalue weighted by molar-refractivity contribution is 0.811. The van der Waals surface area contributed by atoms with Crippen LogP contribution in [-0.4, -0.2) is 9.55 Å². The Labute approximate surface area is 226 Å². The summed E-state index contributed by atoms with van der Waals surface area (Å²) < 4.78 is 21.1. The van der Waals surface area contributed by atoms with Crippen LogP contribution in [0.3, 0.4) is 0 Å². The number of para-hydroxylation sites is 3. The zero-order valence-electron chi connectivity index (χ0n) is 23.7. The molecule has 0 atom stereocenters. The highest BCUT2D eigenvalue weighted by Crippen LogP contribution is 2.40. The number of nitrogens with zero attached hydrogens (tertiary/aromatic N) is 2. The maximum atomic E-state index is 8.86. The first kappa shape index (κ1) is 21.4. The molecule has 0 fully saturated rings. The van der Waals surface area contributed by atoms with Gasteiger partial charge in [0.1, 0.15) is 5.82 Å². The van der Waals surface area contributed by atoms with Gasteiger partial charge < -0.3 is 0 Å². The first-order chi connectivity index (χ1) is 18.8. The minimum Gasteiger partial charge on any atom is -0.292 e. The molecule has 3 heteroatoms. The number of hydrogen-bond donors (Lipinski definition) is 0. The molecular formula is C34H32N2S. The number of imidazole rings is 1. The predicted molar refractivity (Wildman–Crippen MR) is 159 cm³/mol. The summed E-state index contributed by atoms with van der Waals surface area (Å²) >= 11 is 1.65. The number of rotatable bonds is 6. The highest BCUT2D eigenvalue weighted by Gasteiger charge is 2.23. The van der Waals surface area contributed by atoms with Crippen molar-refractivity contribution in [1.29, 1.82) is 0 Å². The Hall–Kier alpha value is -3.69. The van der Waals surface area contributed by atoms with Gasteiger partial charge in [-0.15, -0.1) is 11.3 Å². The molecule has 184 valence electrons. The van der Waals surface area contributed by atoms with E-state index in [9.17, 15) is 0 Å². The fourth-order valence-corrected chi connectivity index (χ4v) is 6.15. The van der Waals surface area contributed by atoms with Crippen molar-refractivity contribution in [2.24, 2.45) is 0 Å². The molecule has 4 aromatic carbocycles. The lowest BCUT2D eigenvalue weighted by Gasteiger charge is -2.22. The number of hydrogen-bond acceptors (Lipinski definition) is 2. The Bertz CT molecular complexity index is 1770. The lowest BCUT2D eigenvalue weighted by Crippen LogP contribution is -2.08. The second-order valence-corrected chi connectivity index (χ2v) is 11.1. The molecule has 0 aliphatic heterocycles. The van der Waals surface area contributed by atoms with E-state index in [1.807, 2.05) is 48.5 Å². The van der Waals surface area contributed by atoms with E-state index in [4.69, 9.17) is 7.73 Å². The van der Waals surface area contributed by atoms with E-state index in [-0.39, 0.29) is 0 Å². The Balaban J connectivity index is 1.59. The molecule has 6 aromatic rings. The summed E-state index contributed by atoms with van der Waals surface area (Å²) in [4.78, 5) is 5.20. The molecule has 0 aliphatic carbocycles. The Morgan fingerprint density at radius 2 is 1.49 bits per heavy atom. The molecule has 6 rings (SSSR count). The third-order valence-corrected chi connectivity index (χ3v) is 7.95. The summed E-state index contributed by atoms with van der Waals surface area (Å²) in [5.41, 5.74) is 8.31. The van der Waals surface area contributed by atoms with E-state index < -0.39 is 6.37 Å². The number of thiophene rings is 1. The molecule has 0 bridgehead atoms. The van der Waals surface area contributed by atoms with E-state index in [0.29, 0.717) is 23.0 Å². The highest BCUT2D eigenvalue weighted by atomic mass is 32.1. The van der Waals surface area contributed by atoms with Crippen molar-refractivity contribution in [3.8, 4) is 17.1 Å². The quantitative estimate of drug-likeness (QED) is 0.222. The molecule has 0 radical (unpaired) electrons. The van der Waals surface area contributed by atoms with Crippen molar-refractivity contribution >= 4 is 32.5 Å². The van der Waals surface area contributed by atoms with Gasteiger partial charge in [0, 0.05) is 23.8 Å². The molecule has 2 heterocycles. The maximum Gasteiger partial charge on any atom is 0.147 e. The molecule has 0 N–H and O–H groups in total. The van der Waals surface area contributed by atoms with Crippen LogP contribution in [0.1, 0.15) is 64.5 Å². The van der Waals surface area contributed by atoms with Gasteiger partial charge in [0.05, 0.1) is 16.7 Å². The zero-order valence-corrected chi connectivity index (χ0v) is 22.5. The minimum absolute atomic E-state index is 0.356. The summed E-state index contributed by atoms with van der Waals surface area (Å²) in [6, 6.07) is 30.4. The summed E-state index contributed by atoms with van der Waals surface area (Å²) in [7, 11) is 0. The molecule has 37 heavy (non-hydrogen) atoms. The SMILES string of the molecule is [2H]C([2H])(c1ccccc1)c1ccc2c(-c3nc4ccccc4n3-c3c(C(C)C)cccc3C(C)C)csc2c1. The van der Waals surface area contributed by atoms with E-state index in [0.717, 1.165) is 32.5 Å². The van der Waals surface area contributed by atoms with Crippen molar-refractivity contribution in [3.05, 3.63) is 119 Å². The van der Waals surface area contributed by atoms with Gasteiger partial charge in [0.15, 0.2) is 0 Å². The van der Waals surface area contributed by atoms with Crippen molar-refractivity contribution in [3.63, 3.8) is 0 Å². The Morgan fingerprint density at radius 3 is 2.22 bits per heavy atom. The van der Waals surface area contributed by atoms with Crippen LogP contribution in [0.25, 0.3) is 38.2 Å². The Morgan fingerprint density at radius 1 is 0.784 bits per heavy atom. The Kier molecular flexibility index (Phi) is 5.58. The van der Waals surface area contributed by atoms with Crippen LogP contribution >= 0.6 is 11.3 Å². The lowest BCUT2D eigenvalue weighted by atomic mass is 9.92. The largest absolute Gasteiger partial charge is 0.292 e. The second kappa shape index (κ2) is 9.64. The number of benzene rings is 4. The van der Waals surface area contributed by atoms with E-state index in [1.165, 1.54) is 16.8 Å². The monoisotopic (exact) mass is 502 g/mol. The van der Waals surface area contributed by atoms with Crippen LogP contribution in [-0.2, 0) is 6.37 Å². The van der Waals surface area contributed by atoms with Gasteiger partial charge in [-0.2, -0.15) is 0 Å². The van der Waals surface area contributed by atoms with Crippen molar-refractivity contribution in [2.75, 3.05) is 0 Å². The smallest absolute Gasteiger partial charge is 0.147 e. The van der Waals surface area contributed by atoms with Crippen LogP contribution in [0.4, 0.5) is 0 Å². The molecule has 0 unspecified atom stereocenters. The number of fused-ring (bicyclic) bond motifs is 2. The van der Waals surface area contributed by atoms with E-state index in [2.05, 4.69) is 80.1 Å². The van der Waals surface area contributed by atoms with Crippen LogP contribution in [0.5, 0.6) is 0 Å². The highest BCUT2D eigenvalue weighted by molar-refractivity contribution is 7.17. The van der Waals surface area contributed by atoms with Gasteiger partial charge in [0.2, 0.25) is 0 Å². The van der Waals surface area contributed by atoms with Gasteiger partial charge in [0.25, 0.3) is 0 Å². The molecule has 0 amide bonds. The number of aromatic nitrogens is 2. The molecule has 0 spiro atoms. The maximum absolute atomic E-state index is 8.86. The third-order valence-electron chi connectivity index (χ3n) is 7.01. The molecule has 0 saturated heterocycles. The zero-order chi connectivity index (χ0) is 27.3. The molecular weight excluding hydrogens is 468 g/mol. The van der Waals surface area contributed by atoms with Crippen molar-refractivity contribution in [2.45, 2.75) is 45.9 Å². The average molecular weight is 503 g/mol. The van der Waals surface area contributed by atoms with Gasteiger partial charge in [-0.3, -0.25) is 4.57 Å². The summed E-state index contributed by atoms with van der Waals surface area (Å²) in [6.07, 6.45) is -1.57. The van der Waals surface area contributed by atoms with Crippen LogP contribution in [0.15, 0.2) is 96.4 Å². The van der Waals surface area contributed by atoms with Crippen LogP contribution in [0.2, 0.25) is 0 Å².